The first kappa shape index (κ1) is 36.9. The molecular formula is C61H38N4. The highest BCUT2D eigenvalue weighted by Crippen LogP contribution is 2.46. The quantitative estimate of drug-likeness (QED) is 0.157. The molecule has 4 nitrogen and oxygen atoms in total. The van der Waals surface area contributed by atoms with Crippen molar-refractivity contribution in [1.82, 2.24) is 19.5 Å². The Bertz CT molecular complexity index is 3980. The van der Waals surface area contributed by atoms with Crippen LogP contribution in [-0.4, -0.2) is 19.5 Å². The zero-order valence-corrected chi connectivity index (χ0v) is 35.2. The number of imidazole rings is 1. The third kappa shape index (κ3) is 6.11. The van der Waals surface area contributed by atoms with Crippen LogP contribution in [0.4, 0.5) is 0 Å². The van der Waals surface area contributed by atoms with Crippen LogP contribution in [0, 0.1) is 0 Å². The van der Waals surface area contributed by atoms with E-state index < -0.39 is 0 Å². The average Bonchev–Trinajstić information content (AvgIpc) is 3.79. The summed E-state index contributed by atoms with van der Waals surface area (Å²) in [5.41, 5.74) is 13.5. The Morgan fingerprint density at radius 3 is 1.55 bits per heavy atom. The Labute approximate surface area is 375 Å². The number of para-hydroxylation sites is 2. The summed E-state index contributed by atoms with van der Waals surface area (Å²) in [5, 5.41) is 10.9. The van der Waals surface area contributed by atoms with Crippen molar-refractivity contribution in [3.63, 3.8) is 0 Å². The van der Waals surface area contributed by atoms with Crippen LogP contribution in [0.3, 0.4) is 0 Å². The van der Waals surface area contributed by atoms with E-state index >= 15 is 0 Å². The van der Waals surface area contributed by atoms with Gasteiger partial charge in [0.1, 0.15) is 22.6 Å². The van der Waals surface area contributed by atoms with Gasteiger partial charge in [0.15, 0.2) is 0 Å². The molecule has 13 aromatic rings. The molecule has 0 saturated heterocycles. The lowest BCUT2D eigenvalue weighted by Crippen LogP contribution is -2.00. The molecule has 0 fully saturated rings. The Balaban J connectivity index is 1.02. The summed E-state index contributed by atoms with van der Waals surface area (Å²) in [6.45, 7) is 0. The molecule has 0 atom stereocenters. The van der Waals surface area contributed by atoms with Gasteiger partial charge in [0.2, 0.25) is 0 Å². The largest absolute Gasteiger partial charge is 0.290 e. The molecule has 0 aliphatic carbocycles. The summed E-state index contributed by atoms with van der Waals surface area (Å²) in [6, 6.07) is 80.6. The molecule has 4 heteroatoms. The van der Waals surface area contributed by atoms with Gasteiger partial charge in [-0.1, -0.05) is 176 Å². The molecule has 3 aromatic heterocycles. The van der Waals surface area contributed by atoms with E-state index in [2.05, 4.69) is 199 Å². The van der Waals surface area contributed by atoms with Crippen molar-refractivity contribution in [2.45, 2.75) is 0 Å². The fourth-order valence-electron chi connectivity index (χ4n) is 9.96. The van der Waals surface area contributed by atoms with Crippen LogP contribution in [-0.2, 0) is 0 Å². The second-order valence-corrected chi connectivity index (χ2v) is 16.8. The van der Waals surface area contributed by atoms with E-state index in [1.54, 1.807) is 0 Å². The van der Waals surface area contributed by atoms with Gasteiger partial charge < -0.3 is 0 Å². The Morgan fingerprint density at radius 1 is 0.338 bits per heavy atom. The molecule has 0 aliphatic rings. The lowest BCUT2D eigenvalue weighted by atomic mass is 9.84. The average molecular weight is 827 g/mol. The van der Waals surface area contributed by atoms with Gasteiger partial charge >= 0.3 is 0 Å². The highest BCUT2D eigenvalue weighted by atomic mass is 15.1. The van der Waals surface area contributed by atoms with E-state index in [0.717, 1.165) is 61.5 Å². The van der Waals surface area contributed by atoms with Crippen molar-refractivity contribution in [3.05, 3.63) is 231 Å². The van der Waals surface area contributed by atoms with Gasteiger partial charge in [-0.3, -0.25) is 9.55 Å². The summed E-state index contributed by atoms with van der Waals surface area (Å²) < 4.78 is 2.25. The number of nitrogens with zero attached hydrogens (tertiary/aromatic N) is 4. The van der Waals surface area contributed by atoms with Crippen LogP contribution >= 0.6 is 0 Å². The number of aromatic nitrogens is 4. The number of hydrogen-bond donors (Lipinski definition) is 0. The first-order valence-corrected chi connectivity index (χ1v) is 22.1. The number of pyridine rings is 2. The smallest absolute Gasteiger partial charge is 0.145 e. The summed E-state index contributed by atoms with van der Waals surface area (Å²) in [7, 11) is 0. The molecule has 302 valence electrons. The normalized spacial score (nSPS) is 11.7. The monoisotopic (exact) mass is 826 g/mol. The molecule has 0 radical (unpaired) electrons. The van der Waals surface area contributed by atoms with Gasteiger partial charge in [0, 0.05) is 22.8 Å². The van der Waals surface area contributed by atoms with E-state index in [1.165, 1.54) is 65.3 Å². The maximum Gasteiger partial charge on any atom is 0.145 e. The van der Waals surface area contributed by atoms with Gasteiger partial charge in [-0.15, -0.1) is 0 Å². The second-order valence-electron chi connectivity index (χ2n) is 16.8. The van der Waals surface area contributed by atoms with Gasteiger partial charge in [-0.05, 0) is 125 Å². The first-order chi connectivity index (χ1) is 32.2. The van der Waals surface area contributed by atoms with Gasteiger partial charge in [-0.2, -0.15) is 0 Å². The van der Waals surface area contributed by atoms with Crippen molar-refractivity contribution in [1.29, 1.82) is 0 Å². The van der Waals surface area contributed by atoms with Crippen LogP contribution < -0.4 is 0 Å². The van der Waals surface area contributed by atoms with E-state index in [0.29, 0.717) is 0 Å². The third-order valence-electron chi connectivity index (χ3n) is 13.0. The van der Waals surface area contributed by atoms with E-state index in [-0.39, 0.29) is 0 Å². The summed E-state index contributed by atoms with van der Waals surface area (Å²) in [6.07, 6.45) is 1.82. The van der Waals surface area contributed by atoms with Crippen LogP contribution in [0.5, 0.6) is 0 Å². The minimum atomic E-state index is 0.799. The lowest BCUT2D eigenvalue weighted by Gasteiger charge is -2.19. The van der Waals surface area contributed by atoms with Crippen molar-refractivity contribution >= 4 is 65.0 Å². The van der Waals surface area contributed by atoms with Crippen molar-refractivity contribution in [2.75, 3.05) is 0 Å². The predicted octanol–water partition coefficient (Wildman–Crippen LogP) is 15.9. The minimum Gasteiger partial charge on any atom is -0.290 e. The van der Waals surface area contributed by atoms with E-state index in [1.807, 2.05) is 36.5 Å². The van der Waals surface area contributed by atoms with Crippen molar-refractivity contribution < 1.29 is 0 Å². The maximum atomic E-state index is 5.47. The van der Waals surface area contributed by atoms with Crippen LogP contribution in [0.1, 0.15) is 0 Å². The van der Waals surface area contributed by atoms with E-state index in [9.17, 15) is 0 Å². The standard InChI is InChI=1S/C61H38N4/c1-2-18-48(19-3-1)65-60-58(52-22-10-11-23-54(52)63-59(60)55-24-12-13-35-62-55)64-61(65)42-29-25-41(26-30-42)45-33-34-51-53(38-45)57(47-32-28-40-15-5-7-17-44(40)37-47)50-21-9-8-20-49(50)56(51)46-31-27-39-14-4-6-16-43(39)36-46/h1-38H. The maximum absolute atomic E-state index is 5.47. The molecule has 0 bridgehead atoms. The van der Waals surface area contributed by atoms with Gasteiger partial charge in [-0.25, -0.2) is 9.97 Å². The van der Waals surface area contributed by atoms with Crippen LogP contribution in [0.2, 0.25) is 0 Å². The van der Waals surface area contributed by atoms with Crippen molar-refractivity contribution in [3.8, 4) is 61.8 Å². The topological polar surface area (TPSA) is 43.6 Å². The minimum absolute atomic E-state index is 0.799. The fraction of sp³-hybridized carbons (Fsp3) is 0. The van der Waals surface area contributed by atoms with Crippen LogP contribution in [0.25, 0.3) is 127 Å². The van der Waals surface area contributed by atoms with Crippen LogP contribution in [0.15, 0.2) is 231 Å². The SMILES string of the molecule is c1ccc(-n2c(-c3ccc(-c4ccc5c(-c6ccc7ccccc7c6)c6ccccc6c(-c6ccc7ccccc7c6)c5c4)cc3)nc3c4ccccc4nc(-c4ccccn4)c32)cc1. The molecule has 0 N–H and O–H groups in total. The van der Waals surface area contributed by atoms with Gasteiger partial charge in [0.05, 0.1) is 11.2 Å². The molecule has 0 spiro atoms. The predicted molar refractivity (Wildman–Crippen MR) is 271 cm³/mol. The number of rotatable bonds is 6. The second kappa shape index (κ2) is 15.0. The highest BCUT2D eigenvalue weighted by molar-refractivity contribution is 6.22. The first-order valence-electron chi connectivity index (χ1n) is 22.1. The Kier molecular flexibility index (Phi) is 8.50. The molecule has 0 saturated carbocycles. The molecule has 0 amide bonds. The van der Waals surface area contributed by atoms with Gasteiger partial charge in [0.25, 0.3) is 0 Å². The highest BCUT2D eigenvalue weighted by Gasteiger charge is 2.23. The number of benzene rings is 10. The Hall–Kier alpha value is -8.73. The molecule has 13 rings (SSSR count). The molecule has 0 aliphatic heterocycles. The molecule has 3 heterocycles. The summed E-state index contributed by atoms with van der Waals surface area (Å²) in [5.74, 6) is 0.844. The Morgan fingerprint density at radius 2 is 0.877 bits per heavy atom. The number of fused-ring (bicyclic) bond motifs is 7. The molecule has 0 unspecified atom stereocenters. The van der Waals surface area contributed by atoms with Crippen molar-refractivity contribution in [2.24, 2.45) is 0 Å². The summed E-state index contributed by atoms with van der Waals surface area (Å²) >= 11 is 0. The lowest BCUT2D eigenvalue weighted by molar-refractivity contribution is 1.10. The molecular weight excluding hydrogens is 789 g/mol. The third-order valence-corrected chi connectivity index (χ3v) is 13.0. The zero-order chi connectivity index (χ0) is 42.8. The molecule has 65 heavy (non-hydrogen) atoms. The molecule has 10 aromatic carbocycles. The van der Waals surface area contributed by atoms with E-state index in [4.69, 9.17) is 15.0 Å². The fourth-order valence-corrected chi connectivity index (χ4v) is 9.96. The number of hydrogen-bond acceptors (Lipinski definition) is 3. The summed E-state index contributed by atoms with van der Waals surface area (Å²) in [4.78, 5) is 15.5. The zero-order valence-electron chi connectivity index (χ0n) is 35.2.